The maximum absolute atomic E-state index is 13.6. The Morgan fingerprint density at radius 3 is 2.41 bits per heavy atom. The fourth-order valence-corrected chi connectivity index (χ4v) is 6.50. The van der Waals surface area contributed by atoms with Gasteiger partial charge >= 0.3 is 19.9 Å². The van der Waals surface area contributed by atoms with E-state index in [9.17, 15) is 23.8 Å². The number of carbonyl (C=O) groups excluding carboxylic acids is 3. The lowest BCUT2D eigenvalue weighted by molar-refractivity contribution is -0.145. The zero-order valence-corrected chi connectivity index (χ0v) is 25.6. The molecule has 1 aliphatic heterocycles. The minimum absolute atomic E-state index is 0.0181. The molecule has 0 radical (unpaired) electrons. The third-order valence-corrected chi connectivity index (χ3v) is 8.78. The minimum Gasteiger partial charge on any atom is -0.467 e. The van der Waals surface area contributed by atoms with Crippen LogP contribution in [0.5, 0.6) is 5.75 Å². The number of H-pyrrole nitrogens is 1. The number of carbonyl (C=O) groups is 3. The number of aromatic amines is 1. The van der Waals surface area contributed by atoms with Crippen molar-refractivity contribution in [1.29, 1.82) is 0 Å². The number of methoxy groups -OCH3 is 1. The number of benzene rings is 3. The third-order valence-electron chi connectivity index (χ3n) is 7.89. The van der Waals surface area contributed by atoms with Gasteiger partial charge in [0.05, 0.1) is 20.0 Å². The summed E-state index contributed by atoms with van der Waals surface area (Å²) in [5.74, 6) is -1.34. The molecule has 13 nitrogen and oxygen atoms in total. The van der Waals surface area contributed by atoms with Crippen LogP contribution in [0.25, 0.3) is 11.1 Å². The van der Waals surface area contributed by atoms with Crippen LogP contribution in [-0.2, 0) is 47.6 Å². The van der Waals surface area contributed by atoms with E-state index >= 15 is 0 Å². The number of hydrogen-bond donors (Lipinski definition) is 4. The number of phosphoric acid groups is 1. The van der Waals surface area contributed by atoms with E-state index in [0.29, 0.717) is 16.8 Å². The standard InChI is InChI=1S/C32H31N4O9P/c1-42-31(38)28(13-19-10-11-29-20(12-19)16-44-46(40,41)45-29)35-30(37)27(14-21-15-33-18-34-21)36-32(39)43-17-26-24-8-4-2-6-22(24)23-7-3-5-9-25(23)26/h2-12,15,18,26-28H,13-14,16-17H2,1H3,(H,33,34)(H,35,37)(H,36,39)(H,40,41)/t27-,28-/m0/s1. The number of amides is 2. The molecule has 1 unspecified atom stereocenters. The van der Waals surface area contributed by atoms with Gasteiger partial charge in [-0.15, -0.1) is 0 Å². The lowest BCUT2D eigenvalue weighted by Gasteiger charge is -2.24. The van der Waals surface area contributed by atoms with Crippen molar-refractivity contribution in [3.8, 4) is 16.9 Å². The van der Waals surface area contributed by atoms with Crippen LogP contribution in [0.15, 0.2) is 79.3 Å². The predicted molar refractivity (Wildman–Crippen MR) is 164 cm³/mol. The predicted octanol–water partition coefficient (Wildman–Crippen LogP) is 3.77. The lowest BCUT2D eigenvalue weighted by Crippen LogP contribution is -2.53. The maximum atomic E-state index is 13.6. The molecule has 4 N–H and O–H groups in total. The molecule has 2 amide bonds. The topological polar surface area (TPSA) is 178 Å². The molecule has 3 aromatic carbocycles. The van der Waals surface area contributed by atoms with Crippen molar-refractivity contribution in [2.75, 3.05) is 13.7 Å². The number of fused-ring (bicyclic) bond motifs is 4. The van der Waals surface area contributed by atoms with Crippen LogP contribution < -0.4 is 15.2 Å². The first kappa shape index (κ1) is 31.0. The molecule has 0 saturated carbocycles. The number of esters is 1. The molecular formula is C32H31N4O9P. The van der Waals surface area contributed by atoms with Crippen molar-refractivity contribution >= 4 is 25.8 Å². The Balaban J connectivity index is 1.15. The Bertz CT molecular complexity index is 1770. The number of aromatic nitrogens is 2. The summed E-state index contributed by atoms with van der Waals surface area (Å²) in [5, 5.41) is 5.33. The summed E-state index contributed by atoms with van der Waals surface area (Å²) in [6.07, 6.45) is 2.24. The smallest absolute Gasteiger partial charge is 0.467 e. The molecule has 6 rings (SSSR count). The summed E-state index contributed by atoms with van der Waals surface area (Å²) < 4.78 is 32.2. The number of imidazole rings is 1. The second-order valence-corrected chi connectivity index (χ2v) is 12.2. The fourth-order valence-electron chi connectivity index (χ4n) is 5.71. The van der Waals surface area contributed by atoms with Crippen LogP contribution in [0, 0.1) is 0 Å². The molecule has 0 spiro atoms. The van der Waals surface area contributed by atoms with Crippen LogP contribution in [0.3, 0.4) is 0 Å². The van der Waals surface area contributed by atoms with E-state index in [2.05, 4.69) is 20.6 Å². The molecule has 3 atom stereocenters. The van der Waals surface area contributed by atoms with Gasteiger partial charge in [0.15, 0.2) is 0 Å². The van der Waals surface area contributed by atoms with Crippen LogP contribution in [0.2, 0.25) is 0 Å². The summed E-state index contributed by atoms with van der Waals surface area (Å²) in [7, 11) is -2.97. The van der Waals surface area contributed by atoms with Gasteiger partial charge in [-0.05, 0) is 39.9 Å². The SMILES string of the molecule is COC(=O)[C@H](Cc1ccc2c(c1)COP(=O)(O)O2)NC(=O)[C@H](Cc1cnc[nH]1)NC(=O)OCC1c2ccccc2-c2ccccc21. The normalized spacial score (nSPS) is 17.8. The fraction of sp³-hybridized carbons (Fsp3) is 0.250. The number of ether oxygens (including phenoxy) is 2. The molecule has 238 valence electrons. The highest BCUT2D eigenvalue weighted by Crippen LogP contribution is 2.50. The van der Waals surface area contributed by atoms with Crippen molar-refractivity contribution in [3.05, 3.63) is 107 Å². The van der Waals surface area contributed by atoms with Crippen molar-refractivity contribution in [2.45, 2.75) is 37.5 Å². The number of nitrogens with zero attached hydrogens (tertiary/aromatic N) is 1. The summed E-state index contributed by atoms with van der Waals surface area (Å²) >= 11 is 0. The number of nitrogens with one attached hydrogen (secondary N) is 3. The molecule has 0 saturated heterocycles. The Labute approximate surface area is 263 Å². The van der Waals surface area contributed by atoms with Gasteiger partial charge in [0.1, 0.15) is 24.4 Å². The van der Waals surface area contributed by atoms with Crippen molar-refractivity contribution in [1.82, 2.24) is 20.6 Å². The highest BCUT2D eigenvalue weighted by molar-refractivity contribution is 7.47. The number of rotatable bonds is 10. The number of hydrogen-bond acceptors (Lipinski definition) is 9. The Kier molecular flexibility index (Phi) is 8.89. The van der Waals surface area contributed by atoms with Crippen LogP contribution in [0.4, 0.5) is 4.79 Å². The first-order valence-electron chi connectivity index (χ1n) is 14.5. The van der Waals surface area contributed by atoms with E-state index in [-0.39, 0.29) is 37.7 Å². The van der Waals surface area contributed by atoms with E-state index in [4.69, 9.17) is 18.5 Å². The molecular weight excluding hydrogens is 615 g/mol. The minimum atomic E-state index is -4.17. The Hall–Kier alpha value is -4.97. The molecule has 2 aliphatic rings. The monoisotopic (exact) mass is 646 g/mol. The van der Waals surface area contributed by atoms with Crippen LogP contribution in [-0.4, -0.2) is 58.6 Å². The van der Waals surface area contributed by atoms with E-state index in [1.54, 1.807) is 12.1 Å². The second-order valence-electron chi connectivity index (χ2n) is 10.9. The van der Waals surface area contributed by atoms with Gasteiger partial charge in [0.2, 0.25) is 5.91 Å². The van der Waals surface area contributed by atoms with E-state index in [1.807, 2.05) is 48.5 Å². The largest absolute Gasteiger partial charge is 0.527 e. The van der Waals surface area contributed by atoms with E-state index in [1.165, 1.54) is 25.7 Å². The quantitative estimate of drug-likeness (QED) is 0.146. The first-order valence-corrected chi connectivity index (χ1v) is 16.0. The van der Waals surface area contributed by atoms with E-state index in [0.717, 1.165) is 22.3 Å². The van der Waals surface area contributed by atoms with Gasteiger partial charge in [-0.2, -0.15) is 0 Å². The van der Waals surface area contributed by atoms with Gasteiger partial charge in [-0.25, -0.2) is 19.1 Å². The van der Waals surface area contributed by atoms with Gasteiger partial charge in [-0.1, -0.05) is 54.6 Å². The van der Waals surface area contributed by atoms with Gasteiger partial charge in [0, 0.05) is 36.2 Å². The lowest BCUT2D eigenvalue weighted by atomic mass is 9.98. The number of alkyl carbamates (subject to hydrolysis) is 1. The Morgan fingerprint density at radius 2 is 1.74 bits per heavy atom. The first-order chi connectivity index (χ1) is 22.2. The van der Waals surface area contributed by atoms with Gasteiger partial charge in [0.25, 0.3) is 0 Å². The molecule has 2 heterocycles. The van der Waals surface area contributed by atoms with Crippen molar-refractivity contribution in [3.63, 3.8) is 0 Å². The highest BCUT2D eigenvalue weighted by Gasteiger charge is 2.33. The summed E-state index contributed by atoms with van der Waals surface area (Å²) in [6.45, 7) is -0.108. The van der Waals surface area contributed by atoms with Crippen molar-refractivity contribution in [2.24, 2.45) is 0 Å². The zero-order valence-electron chi connectivity index (χ0n) is 24.7. The molecule has 14 heteroatoms. The summed E-state index contributed by atoms with van der Waals surface area (Å²) in [6, 6.07) is 18.4. The molecule has 1 aromatic heterocycles. The zero-order chi connectivity index (χ0) is 32.3. The molecule has 0 fully saturated rings. The number of phosphoric ester groups is 1. The van der Waals surface area contributed by atoms with Gasteiger partial charge < -0.3 is 29.6 Å². The molecule has 46 heavy (non-hydrogen) atoms. The molecule has 1 aliphatic carbocycles. The van der Waals surface area contributed by atoms with E-state index < -0.39 is 37.9 Å². The Morgan fingerprint density at radius 1 is 1.02 bits per heavy atom. The van der Waals surface area contributed by atoms with Crippen molar-refractivity contribution < 1.29 is 42.4 Å². The average Bonchev–Trinajstić information content (AvgIpc) is 3.68. The summed E-state index contributed by atoms with van der Waals surface area (Å²) in [4.78, 5) is 56.0. The summed E-state index contributed by atoms with van der Waals surface area (Å²) in [5.41, 5.74) is 5.96. The van der Waals surface area contributed by atoms with Crippen LogP contribution >= 0.6 is 7.82 Å². The molecule has 4 aromatic rings. The highest BCUT2D eigenvalue weighted by atomic mass is 31.2. The van der Waals surface area contributed by atoms with Gasteiger partial charge in [-0.3, -0.25) is 14.2 Å². The third kappa shape index (κ3) is 6.81. The molecule has 0 bridgehead atoms. The second kappa shape index (κ2) is 13.2. The van der Waals surface area contributed by atoms with Crippen LogP contribution in [0.1, 0.15) is 33.9 Å². The maximum Gasteiger partial charge on any atom is 0.527 e. The average molecular weight is 647 g/mol.